The van der Waals surface area contributed by atoms with Crippen LogP contribution in [-0.2, 0) is 11.2 Å². The molecule has 0 aliphatic carbocycles. The molecule has 1 amide bonds. The smallest absolute Gasteiger partial charge is 0.224 e. The van der Waals surface area contributed by atoms with Crippen molar-refractivity contribution in [3.8, 4) is 0 Å². The van der Waals surface area contributed by atoms with Crippen molar-refractivity contribution in [3.63, 3.8) is 0 Å². The summed E-state index contributed by atoms with van der Waals surface area (Å²) in [5.41, 5.74) is 6.66. The molecule has 0 heterocycles. The molecular weight excluding hydrogens is 292 g/mol. The van der Waals surface area contributed by atoms with E-state index in [0.29, 0.717) is 18.9 Å². The average Bonchev–Trinajstić information content (AvgIpc) is 2.30. The number of nitrogens with two attached hydrogens (primary N) is 1. The summed E-state index contributed by atoms with van der Waals surface area (Å²) < 4.78 is 0.966. The Morgan fingerprint density at radius 3 is 2.61 bits per heavy atom. The van der Waals surface area contributed by atoms with Gasteiger partial charge in [0.1, 0.15) is 0 Å². The molecule has 1 aromatic carbocycles. The molecule has 3 nitrogen and oxygen atoms in total. The summed E-state index contributed by atoms with van der Waals surface area (Å²) in [6, 6.07) is 7.83. The van der Waals surface area contributed by atoms with Crippen molar-refractivity contribution < 1.29 is 4.79 Å². The minimum Gasteiger partial charge on any atom is -0.352 e. The molecule has 3 N–H and O–H groups in total. The van der Waals surface area contributed by atoms with Crippen molar-refractivity contribution in [1.82, 2.24) is 5.32 Å². The number of hydrogen-bond donors (Lipinski definition) is 2. The summed E-state index contributed by atoms with van der Waals surface area (Å²) >= 11 is 3.44. The van der Waals surface area contributed by atoms with Gasteiger partial charge in [-0.3, -0.25) is 4.79 Å². The van der Waals surface area contributed by atoms with Crippen LogP contribution in [0, 0.1) is 5.92 Å². The minimum absolute atomic E-state index is 0.0259. The Labute approximate surface area is 117 Å². The molecule has 1 rings (SSSR count). The van der Waals surface area contributed by atoms with Crippen molar-refractivity contribution in [3.05, 3.63) is 34.3 Å². The molecular formula is C14H21BrN2O. The van der Waals surface area contributed by atoms with E-state index in [1.807, 2.05) is 24.3 Å². The topological polar surface area (TPSA) is 55.1 Å². The van der Waals surface area contributed by atoms with Crippen LogP contribution in [0.5, 0.6) is 0 Å². The van der Waals surface area contributed by atoms with Crippen LogP contribution in [0.1, 0.15) is 25.8 Å². The molecule has 0 bridgehead atoms. The van der Waals surface area contributed by atoms with Crippen LogP contribution in [0.4, 0.5) is 0 Å². The molecule has 0 saturated carbocycles. The fraction of sp³-hybridized carbons (Fsp3) is 0.500. The highest BCUT2D eigenvalue weighted by molar-refractivity contribution is 9.10. The lowest BCUT2D eigenvalue weighted by Crippen LogP contribution is -2.41. The zero-order valence-electron chi connectivity index (χ0n) is 10.9. The zero-order chi connectivity index (χ0) is 13.5. The maximum Gasteiger partial charge on any atom is 0.224 e. The summed E-state index contributed by atoms with van der Waals surface area (Å²) in [4.78, 5) is 11.9. The highest BCUT2D eigenvalue weighted by atomic mass is 79.9. The third kappa shape index (κ3) is 5.19. The van der Waals surface area contributed by atoms with Crippen LogP contribution in [-0.4, -0.2) is 18.5 Å². The Balaban J connectivity index is 2.53. The van der Waals surface area contributed by atoms with Crippen LogP contribution in [0.15, 0.2) is 28.7 Å². The van der Waals surface area contributed by atoms with Gasteiger partial charge in [-0.2, -0.15) is 0 Å². The molecule has 18 heavy (non-hydrogen) atoms. The van der Waals surface area contributed by atoms with Gasteiger partial charge < -0.3 is 11.1 Å². The van der Waals surface area contributed by atoms with Gasteiger partial charge in [-0.25, -0.2) is 0 Å². The second-order valence-corrected chi connectivity index (χ2v) is 5.75. The lowest BCUT2D eigenvalue weighted by molar-refractivity contribution is -0.121. The number of amides is 1. The van der Waals surface area contributed by atoms with Crippen molar-refractivity contribution in [1.29, 1.82) is 0 Å². The van der Waals surface area contributed by atoms with Crippen molar-refractivity contribution in [2.24, 2.45) is 11.7 Å². The minimum atomic E-state index is 0.0259. The molecule has 0 fully saturated rings. The SMILES string of the molecule is CC(C)CC(CN)NC(=O)Cc1ccccc1Br. The molecule has 0 saturated heterocycles. The van der Waals surface area contributed by atoms with Crippen LogP contribution in [0.25, 0.3) is 0 Å². The molecule has 1 unspecified atom stereocenters. The van der Waals surface area contributed by atoms with Gasteiger partial charge >= 0.3 is 0 Å². The Hall–Kier alpha value is -0.870. The third-order valence-electron chi connectivity index (χ3n) is 2.71. The summed E-state index contributed by atoms with van der Waals surface area (Å²) in [6.07, 6.45) is 1.30. The second-order valence-electron chi connectivity index (χ2n) is 4.90. The number of carbonyl (C=O) groups is 1. The maximum absolute atomic E-state index is 11.9. The van der Waals surface area contributed by atoms with Gasteiger partial charge in [0.05, 0.1) is 6.42 Å². The zero-order valence-corrected chi connectivity index (χ0v) is 12.5. The predicted octanol–water partition coefficient (Wildman–Crippen LogP) is 2.48. The number of hydrogen-bond acceptors (Lipinski definition) is 2. The number of benzene rings is 1. The number of halogens is 1. The van der Waals surface area contributed by atoms with Crippen LogP contribution < -0.4 is 11.1 Å². The van der Waals surface area contributed by atoms with Crippen LogP contribution in [0.2, 0.25) is 0 Å². The molecule has 4 heteroatoms. The van der Waals surface area contributed by atoms with E-state index in [1.165, 1.54) is 0 Å². The first-order valence-corrected chi connectivity index (χ1v) is 7.05. The van der Waals surface area contributed by atoms with Crippen molar-refractivity contribution in [2.45, 2.75) is 32.7 Å². The Morgan fingerprint density at radius 1 is 1.39 bits per heavy atom. The molecule has 0 radical (unpaired) electrons. The van der Waals surface area contributed by atoms with Gasteiger partial charge in [0.2, 0.25) is 5.91 Å². The van der Waals surface area contributed by atoms with Gasteiger partial charge in [0.15, 0.2) is 0 Å². The second kappa shape index (κ2) is 7.54. The van der Waals surface area contributed by atoms with E-state index in [4.69, 9.17) is 5.73 Å². The maximum atomic E-state index is 11.9. The van der Waals surface area contributed by atoms with Crippen molar-refractivity contribution in [2.75, 3.05) is 6.54 Å². The molecule has 1 atom stereocenters. The highest BCUT2D eigenvalue weighted by Crippen LogP contribution is 2.16. The largest absolute Gasteiger partial charge is 0.352 e. The van der Waals surface area contributed by atoms with Gasteiger partial charge in [-0.05, 0) is 24.0 Å². The fourth-order valence-corrected chi connectivity index (χ4v) is 2.30. The first-order valence-electron chi connectivity index (χ1n) is 6.25. The standard InChI is InChI=1S/C14H21BrN2O/c1-10(2)7-12(9-16)17-14(18)8-11-5-3-4-6-13(11)15/h3-6,10,12H,7-9,16H2,1-2H3,(H,17,18). The molecule has 0 aliphatic heterocycles. The van der Waals surface area contributed by atoms with E-state index in [9.17, 15) is 4.79 Å². The summed E-state index contributed by atoms with van der Waals surface area (Å²) in [6.45, 7) is 4.74. The molecule has 0 aromatic heterocycles. The Kier molecular flexibility index (Phi) is 6.36. The highest BCUT2D eigenvalue weighted by Gasteiger charge is 2.13. The molecule has 0 aliphatic rings. The quantitative estimate of drug-likeness (QED) is 0.848. The predicted molar refractivity (Wildman–Crippen MR) is 78.3 cm³/mol. The van der Waals surface area contributed by atoms with Crippen LogP contribution in [0.3, 0.4) is 0 Å². The van der Waals surface area contributed by atoms with Gasteiger partial charge in [-0.15, -0.1) is 0 Å². The van der Waals surface area contributed by atoms with Gasteiger partial charge in [0, 0.05) is 17.1 Å². The first-order chi connectivity index (χ1) is 8.52. The molecule has 100 valence electrons. The third-order valence-corrected chi connectivity index (χ3v) is 3.49. The van der Waals surface area contributed by atoms with E-state index in [0.717, 1.165) is 16.5 Å². The number of nitrogens with one attached hydrogen (secondary N) is 1. The number of rotatable bonds is 6. The van der Waals surface area contributed by atoms with E-state index in [2.05, 4.69) is 35.1 Å². The monoisotopic (exact) mass is 312 g/mol. The molecule has 1 aromatic rings. The summed E-state index contributed by atoms with van der Waals surface area (Å²) in [5, 5.41) is 2.99. The Morgan fingerprint density at radius 2 is 2.06 bits per heavy atom. The van der Waals surface area contributed by atoms with Crippen molar-refractivity contribution >= 4 is 21.8 Å². The number of carbonyl (C=O) groups excluding carboxylic acids is 1. The lowest BCUT2D eigenvalue weighted by Gasteiger charge is -2.19. The lowest BCUT2D eigenvalue weighted by atomic mass is 10.0. The fourth-order valence-electron chi connectivity index (χ4n) is 1.88. The van der Waals surface area contributed by atoms with E-state index in [-0.39, 0.29) is 11.9 Å². The summed E-state index contributed by atoms with van der Waals surface area (Å²) in [5.74, 6) is 0.556. The van der Waals surface area contributed by atoms with Gasteiger partial charge in [-0.1, -0.05) is 48.0 Å². The average molecular weight is 313 g/mol. The Bertz CT molecular complexity index is 393. The first kappa shape index (κ1) is 15.2. The van der Waals surface area contributed by atoms with E-state index < -0.39 is 0 Å². The summed E-state index contributed by atoms with van der Waals surface area (Å²) in [7, 11) is 0. The van der Waals surface area contributed by atoms with E-state index >= 15 is 0 Å². The molecule has 0 spiro atoms. The normalized spacial score (nSPS) is 12.5. The van der Waals surface area contributed by atoms with Gasteiger partial charge in [0.25, 0.3) is 0 Å². The van der Waals surface area contributed by atoms with Crippen LogP contribution >= 0.6 is 15.9 Å². The van der Waals surface area contributed by atoms with E-state index in [1.54, 1.807) is 0 Å².